The fourth-order valence-electron chi connectivity index (χ4n) is 1.42. The van der Waals surface area contributed by atoms with Gasteiger partial charge in [-0.05, 0) is 6.07 Å². The molecule has 2 N–H and O–H groups in total. The molecule has 0 aliphatic carbocycles. The molecule has 2 nitrogen and oxygen atoms in total. The first-order valence-corrected chi connectivity index (χ1v) is 4.18. The molecule has 1 aromatic carbocycles. The Labute approximate surface area is 78.4 Å². The van der Waals surface area contributed by atoms with Gasteiger partial charge < -0.3 is 10.4 Å². The zero-order chi connectivity index (χ0) is 10.3. The van der Waals surface area contributed by atoms with Gasteiger partial charge in [0, 0.05) is 24.6 Å². The second-order valence-corrected chi connectivity index (χ2v) is 3.28. The Balaban J connectivity index is 2.49. The van der Waals surface area contributed by atoms with Gasteiger partial charge >= 0.3 is 0 Å². The van der Waals surface area contributed by atoms with Gasteiger partial charge in [0.15, 0.2) is 17.4 Å². The highest BCUT2D eigenvalue weighted by Crippen LogP contribution is 2.31. The molecule has 0 bridgehead atoms. The van der Waals surface area contributed by atoms with Crippen LogP contribution in [0.15, 0.2) is 6.07 Å². The number of hydrogen-bond donors (Lipinski definition) is 2. The molecule has 1 heterocycles. The second kappa shape index (κ2) is 3.16. The molecule has 0 aromatic heterocycles. The van der Waals surface area contributed by atoms with Crippen LogP contribution in [0, 0.1) is 17.5 Å². The van der Waals surface area contributed by atoms with E-state index in [1.807, 2.05) is 0 Å². The van der Waals surface area contributed by atoms with Gasteiger partial charge in [-0.1, -0.05) is 0 Å². The minimum atomic E-state index is -1.53. The Morgan fingerprint density at radius 1 is 1.21 bits per heavy atom. The average molecular weight is 203 g/mol. The lowest BCUT2D eigenvalue weighted by Crippen LogP contribution is -2.40. The fraction of sp³-hybridized carbons (Fsp3) is 0.333. The van der Waals surface area contributed by atoms with Crippen molar-refractivity contribution in [2.75, 3.05) is 13.1 Å². The molecule has 2 rings (SSSR count). The van der Waals surface area contributed by atoms with Crippen molar-refractivity contribution < 1.29 is 18.3 Å². The predicted octanol–water partition coefficient (Wildman–Crippen LogP) is 1.50. The lowest BCUT2D eigenvalue weighted by atomic mass is 9.93. The number of rotatable bonds is 1. The summed E-state index contributed by atoms with van der Waals surface area (Å²) < 4.78 is 38.7. The highest BCUT2D eigenvalue weighted by atomic mass is 19.2. The maximum Gasteiger partial charge on any atom is 0.203 e. The predicted molar refractivity (Wildman–Crippen MR) is 43.6 cm³/mol. The van der Waals surface area contributed by atoms with Crippen molar-refractivity contribution in [2.45, 2.75) is 5.92 Å². The quantitative estimate of drug-likeness (QED) is 0.678. The molecule has 1 fully saturated rings. The van der Waals surface area contributed by atoms with E-state index < -0.39 is 23.2 Å². The highest BCUT2D eigenvalue weighted by Gasteiger charge is 2.27. The first-order valence-electron chi connectivity index (χ1n) is 4.18. The minimum Gasteiger partial charge on any atom is -0.503 e. The molecule has 0 saturated carbocycles. The molecule has 0 unspecified atom stereocenters. The van der Waals surface area contributed by atoms with Crippen molar-refractivity contribution in [3.05, 3.63) is 29.1 Å². The van der Waals surface area contributed by atoms with E-state index >= 15 is 0 Å². The molecule has 14 heavy (non-hydrogen) atoms. The number of phenolic OH excluding ortho intramolecular Hbond substituents is 1. The molecule has 0 radical (unpaired) electrons. The highest BCUT2D eigenvalue weighted by molar-refractivity contribution is 5.36. The van der Waals surface area contributed by atoms with Crippen molar-refractivity contribution in [3.63, 3.8) is 0 Å². The van der Waals surface area contributed by atoms with Crippen LogP contribution in [0.25, 0.3) is 0 Å². The molecule has 1 aromatic rings. The fourth-order valence-corrected chi connectivity index (χ4v) is 1.42. The standard InChI is InChI=1S/C9H8F3NO/c10-6-1-5(4-2-13-3-4)7(11)9(14)8(6)12/h1,4,13-14H,2-3H2. The molecule has 0 amide bonds. The van der Waals surface area contributed by atoms with Gasteiger partial charge in [0.1, 0.15) is 0 Å². The van der Waals surface area contributed by atoms with E-state index in [1.54, 1.807) is 0 Å². The van der Waals surface area contributed by atoms with Crippen LogP contribution in [0.4, 0.5) is 13.2 Å². The van der Waals surface area contributed by atoms with Gasteiger partial charge in [-0.25, -0.2) is 8.78 Å². The zero-order valence-corrected chi connectivity index (χ0v) is 7.15. The summed E-state index contributed by atoms with van der Waals surface area (Å²) in [6.45, 7) is 1.03. The van der Waals surface area contributed by atoms with Gasteiger partial charge in [0.2, 0.25) is 5.82 Å². The van der Waals surface area contributed by atoms with Crippen LogP contribution in [-0.4, -0.2) is 18.2 Å². The molecule has 76 valence electrons. The molecular weight excluding hydrogens is 195 g/mol. The first kappa shape index (κ1) is 9.33. The number of benzene rings is 1. The molecule has 5 heteroatoms. The summed E-state index contributed by atoms with van der Waals surface area (Å²) in [4.78, 5) is 0. The second-order valence-electron chi connectivity index (χ2n) is 3.28. The van der Waals surface area contributed by atoms with Crippen LogP contribution in [0.3, 0.4) is 0 Å². The minimum absolute atomic E-state index is 0.0279. The summed E-state index contributed by atoms with van der Waals surface area (Å²) in [5, 5.41) is 11.8. The maximum atomic E-state index is 13.2. The molecule has 1 saturated heterocycles. The van der Waals surface area contributed by atoms with Crippen LogP contribution in [0.1, 0.15) is 11.5 Å². The smallest absolute Gasteiger partial charge is 0.203 e. The molecular formula is C9H8F3NO. The summed E-state index contributed by atoms with van der Waals surface area (Å²) >= 11 is 0. The van der Waals surface area contributed by atoms with Crippen molar-refractivity contribution in [1.29, 1.82) is 0 Å². The Bertz CT molecular complexity index is 377. The lowest BCUT2D eigenvalue weighted by Gasteiger charge is -2.27. The number of nitrogens with one attached hydrogen (secondary N) is 1. The Morgan fingerprint density at radius 2 is 1.86 bits per heavy atom. The molecule has 0 atom stereocenters. The Morgan fingerprint density at radius 3 is 2.36 bits per heavy atom. The summed E-state index contributed by atoms with van der Waals surface area (Å²) in [6.07, 6.45) is 0. The summed E-state index contributed by atoms with van der Waals surface area (Å²) in [7, 11) is 0. The van der Waals surface area contributed by atoms with Gasteiger partial charge in [-0.2, -0.15) is 4.39 Å². The average Bonchev–Trinajstić information content (AvgIpc) is 2.08. The van der Waals surface area contributed by atoms with Crippen LogP contribution >= 0.6 is 0 Å². The maximum absolute atomic E-state index is 13.2. The van der Waals surface area contributed by atoms with Crippen LogP contribution in [0.2, 0.25) is 0 Å². The number of aromatic hydroxyl groups is 1. The first-order chi connectivity index (χ1) is 6.61. The van der Waals surface area contributed by atoms with Gasteiger partial charge in [0.05, 0.1) is 0 Å². The third-order valence-electron chi connectivity index (χ3n) is 2.38. The van der Waals surface area contributed by atoms with Gasteiger partial charge in [0.25, 0.3) is 0 Å². The summed E-state index contributed by atoms with van der Waals surface area (Å²) in [5.41, 5.74) is 0.0279. The van der Waals surface area contributed by atoms with E-state index in [0.717, 1.165) is 6.07 Å². The van der Waals surface area contributed by atoms with Crippen molar-refractivity contribution in [1.82, 2.24) is 5.32 Å². The molecule has 0 spiro atoms. The number of hydrogen-bond acceptors (Lipinski definition) is 2. The largest absolute Gasteiger partial charge is 0.503 e. The van der Waals surface area contributed by atoms with Gasteiger partial charge in [-0.3, -0.25) is 0 Å². The van der Waals surface area contributed by atoms with Crippen molar-refractivity contribution in [3.8, 4) is 5.75 Å². The van der Waals surface area contributed by atoms with E-state index in [0.29, 0.717) is 13.1 Å². The van der Waals surface area contributed by atoms with Crippen LogP contribution in [-0.2, 0) is 0 Å². The number of halogens is 3. The summed E-state index contributed by atoms with van der Waals surface area (Å²) in [6, 6.07) is 0.801. The third kappa shape index (κ3) is 1.24. The topological polar surface area (TPSA) is 32.3 Å². The van der Waals surface area contributed by atoms with E-state index in [9.17, 15) is 13.2 Å². The number of phenols is 1. The van der Waals surface area contributed by atoms with E-state index in [2.05, 4.69) is 5.32 Å². The monoisotopic (exact) mass is 203 g/mol. The molecule has 1 aliphatic rings. The Kier molecular flexibility index (Phi) is 2.11. The SMILES string of the molecule is Oc1c(F)c(F)cc(C2CNC2)c1F. The normalized spacial score (nSPS) is 16.8. The third-order valence-corrected chi connectivity index (χ3v) is 2.38. The Hall–Kier alpha value is -1.23. The van der Waals surface area contributed by atoms with Crippen LogP contribution in [0.5, 0.6) is 5.75 Å². The summed E-state index contributed by atoms with van der Waals surface area (Å²) in [5.74, 6) is -5.22. The zero-order valence-electron chi connectivity index (χ0n) is 7.15. The van der Waals surface area contributed by atoms with E-state index in [-0.39, 0.29) is 11.5 Å². The lowest BCUT2D eigenvalue weighted by molar-refractivity contribution is 0.359. The van der Waals surface area contributed by atoms with Crippen molar-refractivity contribution >= 4 is 0 Å². The molecule has 1 aliphatic heterocycles. The van der Waals surface area contributed by atoms with Crippen LogP contribution < -0.4 is 5.32 Å². The van der Waals surface area contributed by atoms with E-state index in [1.165, 1.54) is 0 Å². The van der Waals surface area contributed by atoms with E-state index in [4.69, 9.17) is 5.11 Å². The van der Waals surface area contributed by atoms with Crippen molar-refractivity contribution in [2.24, 2.45) is 0 Å². The van der Waals surface area contributed by atoms with Gasteiger partial charge in [-0.15, -0.1) is 0 Å².